The van der Waals surface area contributed by atoms with E-state index < -0.39 is 5.92 Å². The van der Waals surface area contributed by atoms with E-state index in [1.165, 1.54) is 0 Å². The van der Waals surface area contributed by atoms with Crippen LogP contribution in [0.25, 0.3) is 0 Å². The molecule has 0 spiro atoms. The van der Waals surface area contributed by atoms with Gasteiger partial charge < -0.3 is 11.5 Å². The lowest BCUT2D eigenvalue weighted by molar-refractivity contribution is -0.136. The number of rotatable bonds is 12. The third-order valence-electron chi connectivity index (χ3n) is 4.12. The fraction of sp³-hybridized carbons (Fsp3) is 0.812. The lowest BCUT2D eigenvalue weighted by Gasteiger charge is -2.26. The molecule has 0 saturated heterocycles. The molecule has 0 amide bonds. The predicted octanol–water partition coefficient (Wildman–Crippen LogP) is 1.47. The summed E-state index contributed by atoms with van der Waals surface area (Å²) in [5.74, 6) is -1.35. The highest BCUT2D eigenvalue weighted by molar-refractivity contribution is 6.03. The van der Waals surface area contributed by atoms with Crippen LogP contribution in [-0.4, -0.2) is 30.4 Å². The molecule has 4 N–H and O–H groups in total. The Balaban J connectivity index is 4.93. The van der Waals surface area contributed by atoms with Crippen molar-refractivity contribution in [2.24, 2.45) is 29.2 Å². The molecule has 0 fully saturated rings. The summed E-state index contributed by atoms with van der Waals surface area (Å²) in [5, 5.41) is 0. The lowest BCUT2D eigenvalue weighted by atomic mass is 9.75. The molecule has 122 valence electrons. The highest BCUT2D eigenvalue weighted by Gasteiger charge is 2.35. The smallest absolute Gasteiger partial charge is 0.143 e. The van der Waals surface area contributed by atoms with Crippen LogP contribution in [0.1, 0.15) is 52.9 Å². The maximum atomic E-state index is 12.3. The van der Waals surface area contributed by atoms with E-state index in [-0.39, 0.29) is 29.2 Å². The fourth-order valence-corrected chi connectivity index (χ4v) is 2.50. The van der Waals surface area contributed by atoms with Gasteiger partial charge in [0.15, 0.2) is 0 Å². The third kappa shape index (κ3) is 6.48. The van der Waals surface area contributed by atoms with Crippen LogP contribution in [0, 0.1) is 17.8 Å². The first-order valence-electron chi connectivity index (χ1n) is 7.88. The summed E-state index contributed by atoms with van der Waals surface area (Å²) in [6, 6.07) is 0. The van der Waals surface area contributed by atoms with Crippen molar-refractivity contribution in [3.63, 3.8) is 0 Å². The van der Waals surface area contributed by atoms with Gasteiger partial charge in [-0.2, -0.15) is 0 Å². The Morgan fingerprint density at radius 2 is 1.33 bits per heavy atom. The van der Waals surface area contributed by atoms with Crippen molar-refractivity contribution in [1.82, 2.24) is 0 Å². The van der Waals surface area contributed by atoms with Crippen molar-refractivity contribution in [1.29, 1.82) is 0 Å². The van der Waals surface area contributed by atoms with Crippen molar-refractivity contribution < 1.29 is 14.4 Å². The number of carbonyl (C=O) groups is 3. The van der Waals surface area contributed by atoms with Crippen molar-refractivity contribution in [3.8, 4) is 0 Å². The van der Waals surface area contributed by atoms with Crippen molar-refractivity contribution in [3.05, 3.63) is 0 Å². The Bertz CT molecular complexity index is 355. The second kappa shape index (κ2) is 10.6. The molecule has 0 aromatic heterocycles. The Hall–Kier alpha value is -1.07. The van der Waals surface area contributed by atoms with E-state index in [1.54, 1.807) is 13.8 Å². The van der Waals surface area contributed by atoms with Crippen LogP contribution >= 0.6 is 0 Å². The summed E-state index contributed by atoms with van der Waals surface area (Å²) in [6.45, 7) is 6.27. The average molecular weight is 298 g/mol. The quantitative estimate of drug-likeness (QED) is 0.531. The van der Waals surface area contributed by atoms with Gasteiger partial charge in [-0.25, -0.2) is 0 Å². The lowest BCUT2D eigenvalue weighted by Crippen LogP contribution is -2.36. The van der Waals surface area contributed by atoms with Crippen LogP contribution < -0.4 is 11.5 Å². The number of carbonyl (C=O) groups excluding carboxylic acids is 3. The zero-order valence-corrected chi connectivity index (χ0v) is 13.6. The van der Waals surface area contributed by atoms with E-state index in [9.17, 15) is 14.4 Å². The first-order chi connectivity index (χ1) is 9.90. The fourth-order valence-electron chi connectivity index (χ4n) is 2.50. The molecule has 0 bridgehead atoms. The molecule has 0 radical (unpaired) electrons. The molecule has 21 heavy (non-hydrogen) atoms. The Morgan fingerprint density at radius 3 is 1.76 bits per heavy atom. The SMILES string of the molecule is CCC(=O)C(C(=O)CCCN)C(C)C(C)C(=O)CCCN. The third-order valence-corrected chi connectivity index (χ3v) is 4.12. The summed E-state index contributed by atoms with van der Waals surface area (Å²) in [4.78, 5) is 36.5. The normalized spacial score (nSPS) is 15.3. The van der Waals surface area contributed by atoms with Gasteiger partial charge in [0.05, 0.1) is 5.92 Å². The molecule has 0 aliphatic rings. The van der Waals surface area contributed by atoms with Gasteiger partial charge >= 0.3 is 0 Å². The zero-order chi connectivity index (χ0) is 16.4. The molecule has 0 aromatic carbocycles. The topological polar surface area (TPSA) is 103 Å². The maximum Gasteiger partial charge on any atom is 0.143 e. The number of Topliss-reactive ketones (excluding diaryl/α,β-unsaturated/α-hetero) is 3. The standard InChI is InChI=1S/C16H30N2O3/c1-4-13(19)16(15(21)8-6-10-18)12(3)11(2)14(20)7-5-9-17/h11-12,16H,4-10,17-18H2,1-3H3. The molecule has 3 unspecified atom stereocenters. The Morgan fingerprint density at radius 1 is 0.857 bits per heavy atom. The minimum Gasteiger partial charge on any atom is -0.330 e. The molecule has 0 saturated carbocycles. The molecule has 3 atom stereocenters. The zero-order valence-electron chi connectivity index (χ0n) is 13.6. The van der Waals surface area contributed by atoms with Crippen molar-refractivity contribution >= 4 is 17.3 Å². The van der Waals surface area contributed by atoms with E-state index in [0.717, 1.165) is 0 Å². The molecular weight excluding hydrogens is 268 g/mol. The van der Waals surface area contributed by atoms with Crippen LogP contribution in [0.15, 0.2) is 0 Å². The van der Waals surface area contributed by atoms with Crippen molar-refractivity contribution in [2.45, 2.75) is 52.9 Å². The van der Waals surface area contributed by atoms with Gasteiger partial charge in [0, 0.05) is 25.2 Å². The van der Waals surface area contributed by atoms with Crippen LogP contribution in [-0.2, 0) is 14.4 Å². The molecule has 0 rings (SSSR count). The van der Waals surface area contributed by atoms with Gasteiger partial charge in [-0.3, -0.25) is 14.4 Å². The predicted molar refractivity (Wildman–Crippen MR) is 83.7 cm³/mol. The van der Waals surface area contributed by atoms with Crippen LogP contribution in [0.5, 0.6) is 0 Å². The Labute approximate surface area is 127 Å². The summed E-state index contributed by atoms with van der Waals surface area (Å²) in [5.41, 5.74) is 10.8. The molecule has 0 aromatic rings. The number of ketones is 3. The maximum absolute atomic E-state index is 12.3. The highest BCUT2D eigenvalue weighted by Crippen LogP contribution is 2.27. The largest absolute Gasteiger partial charge is 0.330 e. The van der Waals surface area contributed by atoms with E-state index in [0.29, 0.717) is 45.2 Å². The molecule has 5 nitrogen and oxygen atoms in total. The Kier molecular flexibility index (Phi) is 10.1. The highest BCUT2D eigenvalue weighted by atomic mass is 16.2. The second-order valence-corrected chi connectivity index (χ2v) is 5.66. The molecule has 0 heterocycles. The first-order valence-corrected chi connectivity index (χ1v) is 7.88. The van der Waals surface area contributed by atoms with E-state index >= 15 is 0 Å². The summed E-state index contributed by atoms with van der Waals surface area (Å²) >= 11 is 0. The van der Waals surface area contributed by atoms with E-state index in [4.69, 9.17) is 11.5 Å². The van der Waals surface area contributed by atoms with Gasteiger partial charge in [-0.15, -0.1) is 0 Å². The second-order valence-electron chi connectivity index (χ2n) is 5.66. The summed E-state index contributed by atoms with van der Waals surface area (Å²) in [7, 11) is 0. The van der Waals surface area contributed by atoms with Gasteiger partial charge in [0.2, 0.25) is 0 Å². The summed E-state index contributed by atoms with van der Waals surface area (Å²) in [6.07, 6.45) is 2.25. The van der Waals surface area contributed by atoms with Gasteiger partial charge in [-0.1, -0.05) is 20.8 Å². The number of hydrogen-bond acceptors (Lipinski definition) is 5. The minimum absolute atomic E-state index is 0.0773. The van der Waals surface area contributed by atoms with Crippen LogP contribution in [0.2, 0.25) is 0 Å². The summed E-state index contributed by atoms with van der Waals surface area (Å²) < 4.78 is 0. The van der Waals surface area contributed by atoms with Crippen molar-refractivity contribution in [2.75, 3.05) is 13.1 Å². The van der Waals surface area contributed by atoms with Gasteiger partial charge in [0.1, 0.15) is 17.3 Å². The molecule has 5 heteroatoms. The molecule has 0 aliphatic carbocycles. The van der Waals surface area contributed by atoms with E-state index in [2.05, 4.69) is 0 Å². The van der Waals surface area contributed by atoms with Gasteiger partial charge in [0.25, 0.3) is 0 Å². The van der Waals surface area contributed by atoms with Crippen LogP contribution in [0.3, 0.4) is 0 Å². The number of nitrogens with two attached hydrogens (primary N) is 2. The van der Waals surface area contributed by atoms with Gasteiger partial charge in [-0.05, 0) is 31.8 Å². The monoisotopic (exact) mass is 298 g/mol. The first kappa shape index (κ1) is 19.9. The number of hydrogen-bond donors (Lipinski definition) is 2. The average Bonchev–Trinajstić information content (AvgIpc) is 2.49. The van der Waals surface area contributed by atoms with E-state index in [1.807, 2.05) is 6.92 Å². The molecule has 0 aliphatic heterocycles. The van der Waals surface area contributed by atoms with Crippen LogP contribution in [0.4, 0.5) is 0 Å². The molecular formula is C16H30N2O3. The minimum atomic E-state index is -0.682.